The van der Waals surface area contributed by atoms with Crippen LogP contribution in [-0.2, 0) is 6.42 Å². The highest BCUT2D eigenvalue weighted by Gasteiger charge is 2.00. The van der Waals surface area contributed by atoms with Crippen LogP contribution in [0.3, 0.4) is 0 Å². The van der Waals surface area contributed by atoms with Crippen molar-refractivity contribution in [3.05, 3.63) is 30.1 Å². The summed E-state index contributed by atoms with van der Waals surface area (Å²) in [5.41, 5.74) is 7.84. The van der Waals surface area contributed by atoms with E-state index in [9.17, 15) is 0 Å². The van der Waals surface area contributed by atoms with Crippen LogP contribution in [-0.4, -0.2) is 16.0 Å². The summed E-state index contributed by atoms with van der Waals surface area (Å²) in [6, 6.07) is 4.34. The minimum absolute atomic E-state index is 0.193. The number of hydrogen-bond acceptors (Lipinski definition) is 2. The molecule has 0 saturated heterocycles. The van der Waals surface area contributed by atoms with Crippen molar-refractivity contribution in [1.82, 2.24) is 9.97 Å². The molecule has 3 nitrogen and oxygen atoms in total. The van der Waals surface area contributed by atoms with Gasteiger partial charge >= 0.3 is 0 Å². The Morgan fingerprint density at radius 1 is 1.62 bits per heavy atom. The summed E-state index contributed by atoms with van der Waals surface area (Å²) in [6.07, 6.45) is 4.66. The van der Waals surface area contributed by atoms with E-state index in [1.165, 1.54) is 5.56 Å². The highest BCUT2D eigenvalue weighted by molar-refractivity contribution is 5.75. The van der Waals surface area contributed by atoms with Crippen molar-refractivity contribution >= 4 is 11.0 Å². The van der Waals surface area contributed by atoms with Crippen molar-refractivity contribution < 1.29 is 0 Å². The number of hydrogen-bond donors (Lipinski definition) is 2. The number of H-pyrrole nitrogens is 1. The number of rotatable bonds is 2. The molecule has 0 fully saturated rings. The van der Waals surface area contributed by atoms with Crippen LogP contribution < -0.4 is 5.73 Å². The third-order valence-corrected chi connectivity index (χ3v) is 2.01. The fraction of sp³-hybridized carbons (Fsp3) is 0.300. The van der Waals surface area contributed by atoms with Gasteiger partial charge in [0.2, 0.25) is 0 Å². The van der Waals surface area contributed by atoms with E-state index in [4.69, 9.17) is 5.73 Å². The first kappa shape index (κ1) is 8.26. The third kappa shape index (κ3) is 1.70. The summed E-state index contributed by atoms with van der Waals surface area (Å²) in [7, 11) is 0. The van der Waals surface area contributed by atoms with Crippen LogP contribution in [0, 0.1) is 0 Å². The fourth-order valence-corrected chi connectivity index (χ4v) is 1.47. The Labute approximate surface area is 77.0 Å². The summed E-state index contributed by atoms with van der Waals surface area (Å²) in [6.45, 7) is 2.00. The van der Waals surface area contributed by atoms with E-state index in [0.29, 0.717) is 0 Å². The molecule has 2 rings (SSSR count). The predicted octanol–water partition coefficient (Wildman–Crippen LogP) is 1.45. The summed E-state index contributed by atoms with van der Waals surface area (Å²) in [4.78, 5) is 7.34. The van der Waals surface area contributed by atoms with Crippen molar-refractivity contribution in [3.63, 3.8) is 0 Å². The van der Waals surface area contributed by atoms with Crippen molar-refractivity contribution in [2.45, 2.75) is 19.4 Å². The van der Waals surface area contributed by atoms with Crippen LogP contribution in [0.25, 0.3) is 11.0 Å². The monoisotopic (exact) mass is 175 g/mol. The predicted molar refractivity (Wildman–Crippen MR) is 53.4 cm³/mol. The molecule has 1 atom stereocenters. The van der Waals surface area contributed by atoms with E-state index in [-0.39, 0.29) is 6.04 Å². The maximum Gasteiger partial charge on any atom is 0.137 e. The average Bonchev–Trinajstić information content (AvgIpc) is 2.49. The molecule has 68 valence electrons. The smallest absolute Gasteiger partial charge is 0.137 e. The van der Waals surface area contributed by atoms with Crippen molar-refractivity contribution in [2.24, 2.45) is 5.73 Å². The zero-order valence-electron chi connectivity index (χ0n) is 7.62. The number of fused-ring (bicyclic) bond motifs is 1. The minimum Gasteiger partial charge on any atom is -0.346 e. The molecule has 2 heterocycles. The number of aromatic amines is 1. The van der Waals surface area contributed by atoms with Gasteiger partial charge in [-0.1, -0.05) is 0 Å². The van der Waals surface area contributed by atoms with Gasteiger partial charge in [0, 0.05) is 23.8 Å². The molecule has 1 unspecified atom stereocenters. The van der Waals surface area contributed by atoms with Gasteiger partial charge in [-0.3, -0.25) is 0 Å². The molecule has 0 aliphatic heterocycles. The number of nitrogens with two attached hydrogens (primary N) is 1. The van der Waals surface area contributed by atoms with E-state index >= 15 is 0 Å². The van der Waals surface area contributed by atoms with Crippen molar-refractivity contribution in [3.8, 4) is 0 Å². The van der Waals surface area contributed by atoms with Crippen LogP contribution >= 0.6 is 0 Å². The zero-order chi connectivity index (χ0) is 9.26. The topological polar surface area (TPSA) is 54.7 Å². The second kappa shape index (κ2) is 3.18. The standard InChI is InChI=1S/C10H13N3/c1-7(11)4-8-5-9-2-3-12-10(9)13-6-8/h2-3,5-7H,4,11H2,1H3,(H,12,13). The van der Waals surface area contributed by atoms with Crippen LogP contribution in [0.5, 0.6) is 0 Å². The van der Waals surface area contributed by atoms with E-state index in [2.05, 4.69) is 16.0 Å². The zero-order valence-corrected chi connectivity index (χ0v) is 7.62. The summed E-state index contributed by atoms with van der Waals surface area (Å²) in [5.74, 6) is 0. The Bertz CT molecular complexity index is 403. The molecule has 0 radical (unpaired) electrons. The number of pyridine rings is 1. The van der Waals surface area contributed by atoms with E-state index in [0.717, 1.165) is 17.5 Å². The lowest BCUT2D eigenvalue weighted by molar-refractivity contribution is 0.737. The largest absolute Gasteiger partial charge is 0.346 e. The number of nitrogens with zero attached hydrogens (tertiary/aromatic N) is 1. The van der Waals surface area contributed by atoms with Gasteiger partial charge in [-0.25, -0.2) is 4.98 Å². The second-order valence-electron chi connectivity index (χ2n) is 3.44. The number of aromatic nitrogens is 2. The lowest BCUT2D eigenvalue weighted by atomic mass is 10.1. The Hall–Kier alpha value is -1.35. The molecule has 2 aromatic rings. The first-order valence-corrected chi connectivity index (χ1v) is 4.43. The second-order valence-corrected chi connectivity index (χ2v) is 3.44. The van der Waals surface area contributed by atoms with Crippen molar-refractivity contribution in [1.29, 1.82) is 0 Å². The van der Waals surface area contributed by atoms with Crippen LogP contribution in [0.1, 0.15) is 12.5 Å². The minimum atomic E-state index is 0.193. The molecule has 3 heteroatoms. The van der Waals surface area contributed by atoms with Gasteiger partial charge in [-0.2, -0.15) is 0 Å². The molecule has 0 spiro atoms. The van der Waals surface area contributed by atoms with Gasteiger partial charge in [0.05, 0.1) is 0 Å². The summed E-state index contributed by atoms with van der Waals surface area (Å²) >= 11 is 0. The van der Waals surface area contributed by atoms with Gasteiger partial charge in [0.15, 0.2) is 0 Å². The first-order chi connectivity index (χ1) is 6.25. The molecule has 0 aliphatic carbocycles. The lowest BCUT2D eigenvalue weighted by Gasteiger charge is -2.03. The Morgan fingerprint density at radius 2 is 2.46 bits per heavy atom. The molecular formula is C10H13N3. The SMILES string of the molecule is CC(N)Cc1cnc2[nH]ccc2c1. The average molecular weight is 175 g/mol. The fourth-order valence-electron chi connectivity index (χ4n) is 1.47. The van der Waals surface area contributed by atoms with Gasteiger partial charge < -0.3 is 10.7 Å². The first-order valence-electron chi connectivity index (χ1n) is 4.43. The van der Waals surface area contributed by atoms with Gasteiger partial charge in [0.1, 0.15) is 5.65 Å². The maximum atomic E-state index is 5.71. The van der Waals surface area contributed by atoms with E-state index in [1.807, 2.05) is 25.4 Å². The lowest BCUT2D eigenvalue weighted by Crippen LogP contribution is -2.17. The van der Waals surface area contributed by atoms with Crippen LogP contribution in [0.2, 0.25) is 0 Å². The van der Waals surface area contributed by atoms with Gasteiger partial charge in [-0.15, -0.1) is 0 Å². The highest BCUT2D eigenvalue weighted by Crippen LogP contribution is 2.11. The molecule has 0 aliphatic rings. The molecular weight excluding hydrogens is 162 g/mol. The normalized spacial score (nSPS) is 13.4. The van der Waals surface area contributed by atoms with Crippen molar-refractivity contribution in [2.75, 3.05) is 0 Å². The van der Waals surface area contributed by atoms with E-state index in [1.54, 1.807) is 0 Å². The summed E-state index contributed by atoms with van der Waals surface area (Å²) in [5, 5.41) is 1.15. The van der Waals surface area contributed by atoms with E-state index < -0.39 is 0 Å². The van der Waals surface area contributed by atoms with Gasteiger partial charge in [-0.05, 0) is 31.0 Å². The van der Waals surface area contributed by atoms with Gasteiger partial charge in [0.25, 0.3) is 0 Å². The molecule has 3 N–H and O–H groups in total. The Morgan fingerprint density at radius 3 is 3.23 bits per heavy atom. The molecule has 2 aromatic heterocycles. The molecule has 0 saturated carbocycles. The molecule has 13 heavy (non-hydrogen) atoms. The molecule has 0 bridgehead atoms. The Balaban J connectivity index is 2.37. The number of nitrogens with one attached hydrogen (secondary N) is 1. The Kier molecular flexibility index (Phi) is 2.02. The molecule has 0 aromatic carbocycles. The maximum absolute atomic E-state index is 5.71. The van der Waals surface area contributed by atoms with Crippen LogP contribution in [0.4, 0.5) is 0 Å². The van der Waals surface area contributed by atoms with Crippen LogP contribution in [0.15, 0.2) is 24.5 Å². The third-order valence-electron chi connectivity index (χ3n) is 2.01. The highest BCUT2D eigenvalue weighted by atomic mass is 14.8. The molecule has 0 amide bonds. The summed E-state index contributed by atoms with van der Waals surface area (Å²) < 4.78 is 0. The quantitative estimate of drug-likeness (QED) is 0.725.